The van der Waals surface area contributed by atoms with Crippen LogP contribution in [-0.2, 0) is 19.1 Å². The summed E-state index contributed by atoms with van der Waals surface area (Å²) in [6, 6.07) is 0. The van der Waals surface area contributed by atoms with Gasteiger partial charge in [0.2, 0.25) is 11.8 Å². The van der Waals surface area contributed by atoms with Crippen molar-refractivity contribution >= 4 is 17.8 Å². The van der Waals surface area contributed by atoms with Crippen LogP contribution in [0.4, 0.5) is 0 Å². The highest BCUT2D eigenvalue weighted by molar-refractivity contribution is 5.95. The van der Waals surface area contributed by atoms with E-state index in [2.05, 4.69) is 0 Å². The molecule has 2 amide bonds. The molecular formula is C14H21NO4. The molecule has 0 aliphatic heterocycles. The van der Waals surface area contributed by atoms with Crippen molar-refractivity contribution in [1.82, 2.24) is 4.90 Å². The first-order valence-corrected chi connectivity index (χ1v) is 6.05. The zero-order valence-corrected chi connectivity index (χ0v) is 12.3. The Morgan fingerprint density at radius 2 is 1.47 bits per heavy atom. The van der Waals surface area contributed by atoms with Gasteiger partial charge in [0.1, 0.15) is 5.76 Å². The van der Waals surface area contributed by atoms with Crippen molar-refractivity contribution in [2.75, 3.05) is 0 Å². The maximum atomic E-state index is 11.6. The van der Waals surface area contributed by atoms with Gasteiger partial charge in [-0.2, -0.15) is 0 Å². The van der Waals surface area contributed by atoms with Crippen LogP contribution in [0.2, 0.25) is 0 Å². The number of hydrogen-bond acceptors (Lipinski definition) is 4. The van der Waals surface area contributed by atoms with Crippen LogP contribution < -0.4 is 0 Å². The maximum absolute atomic E-state index is 11.6. The van der Waals surface area contributed by atoms with Gasteiger partial charge in [-0.3, -0.25) is 14.4 Å². The smallest absolute Gasteiger partial charge is 0.307 e. The summed E-state index contributed by atoms with van der Waals surface area (Å²) in [6.07, 6.45) is 3.44. The van der Waals surface area contributed by atoms with E-state index in [1.807, 2.05) is 19.9 Å². The van der Waals surface area contributed by atoms with Gasteiger partial charge >= 0.3 is 5.97 Å². The lowest BCUT2D eigenvalue weighted by Crippen LogP contribution is -2.33. The Morgan fingerprint density at radius 1 is 1.00 bits per heavy atom. The second kappa shape index (κ2) is 7.51. The second-order valence-electron chi connectivity index (χ2n) is 4.51. The molecule has 19 heavy (non-hydrogen) atoms. The monoisotopic (exact) mass is 267 g/mol. The molecule has 0 aliphatic carbocycles. The van der Waals surface area contributed by atoms with Gasteiger partial charge < -0.3 is 4.74 Å². The van der Waals surface area contributed by atoms with Gasteiger partial charge in [-0.05, 0) is 18.9 Å². The van der Waals surface area contributed by atoms with Gasteiger partial charge in [-0.15, -0.1) is 0 Å². The SMILES string of the molecule is CC(=O)O/C(C)=C(/C=C/C(C)C)N(C(C)=O)C(C)=O. The molecule has 0 N–H and O–H groups in total. The van der Waals surface area contributed by atoms with Crippen LogP contribution in [0.1, 0.15) is 41.5 Å². The van der Waals surface area contributed by atoms with Gasteiger partial charge in [0, 0.05) is 20.8 Å². The summed E-state index contributed by atoms with van der Waals surface area (Å²) in [5.41, 5.74) is 0.281. The highest BCUT2D eigenvalue weighted by atomic mass is 16.5. The molecule has 0 rings (SSSR count). The summed E-state index contributed by atoms with van der Waals surface area (Å²) >= 11 is 0. The minimum atomic E-state index is -0.500. The fourth-order valence-electron chi connectivity index (χ4n) is 1.46. The van der Waals surface area contributed by atoms with Crippen LogP contribution in [0, 0.1) is 5.92 Å². The van der Waals surface area contributed by atoms with E-state index in [9.17, 15) is 14.4 Å². The number of carbonyl (C=O) groups is 3. The Morgan fingerprint density at radius 3 is 1.79 bits per heavy atom. The zero-order valence-electron chi connectivity index (χ0n) is 12.3. The largest absolute Gasteiger partial charge is 0.429 e. The maximum Gasteiger partial charge on any atom is 0.307 e. The van der Waals surface area contributed by atoms with Crippen molar-refractivity contribution in [2.45, 2.75) is 41.5 Å². The number of rotatable bonds is 4. The highest BCUT2D eigenvalue weighted by Gasteiger charge is 2.20. The summed E-state index contributed by atoms with van der Waals surface area (Å²) in [5.74, 6) is -0.902. The molecule has 0 spiro atoms. The number of nitrogens with zero attached hydrogens (tertiary/aromatic N) is 1. The molecule has 5 heteroatoms. The number of hydrogen-bond donors (Lipinski definition) is 0. The Bertz CT molecular complexity index is 419. The van der Waals surface area contributed by atoms with Gasteiger partial charge in [-0.25, -0.2) is 4.90 Å². The van der Waals surface area contributed by atoms with Crippen LogP contribution in [0.5, 0.6) is 0 Å². The van der Waals surface area contributed by atoms with Crippen molar-refractivity contribution in [2.24, 2.45) is 5.92 Å². The fraction of sp³-hybridized carbons (Fsp3) is 0.500. The lowest BCUT2D eigenvalue weighted by Gasteiger charge is -2.20. The Labute approximate surface area is 113 Å². The molecule has 0 aromatic heterocycles. The first-order valence-electron chi connectivity index (χ1n) is 6.05. The molecule has 0 aromatic carbocycles. The summed E-state index contributed by atoms with van der Waals surface area (Å²) < 4.78 is 4.97. The van der Waals surface area contributed by atoms with E-state index >= 15 is 0 Å². The molecule has 106 valence electrons. The van der Waals surface area contributed by atoms with Crippen molar-refractivity contribution in [3.8, 4) is 0 Å². The molecule has 0 fully saturated rings. The van der Waals surface area contributed by atoms with Crippen molar-refractivity contribution in [3.05, 3.63) is 23.6 Å². The average Bonchev–Trinajstić information content (AvgIpc) is 2.20. The predicted octanol–water partition coefficient (Wildman–Crippen LogP) is 2.39. The number of amides is 2. The van der Waals surface area contributed by atoms with Gasteiger partial charge in [-0.1, -0.05) is 19.9 Å². The minimum Gasteiger partial charge on any atom is -0.429 e. The molecule has 0 aliphatic rings. The van der Waals surface area contributed by atoms with Crippen LogP contribution >= 0.6 is 0 Å². The van der Waals surface area contributed by atoms with E-state index in [0.717, 1.165) is 4.90 Å². The fourth-order valence-corrected chi connectivity index (χ4v) is 1.46. The van der Waals surface area contributed by atoms with E-state index in [1.165, 1.54) is 20.8 Å². The van der Waals surface area contributed by atoms with Gasteiger partial charge in [0.15, 0.2) is 0 Å². The topological polar surface area (TPSA) is 63.7 Å². The minimum absolute atomic E-state index is 0.217. The Balaban J connectivity index is 5.67. The molecule has 0 heterocycles. The summed E-state index contributed by atoms with van der Waals surface area (Å²) in [4.78, 5) is 35.1. The molecule has 0 radical (unpaired) electrons. The lowest BCUT2D eigenvalue weighted by atomic mass is 10.1. The molecular weight excluding hydrogens is 246 g/mol. The highest BCUT2D eigenvalue weighted by Crippen LogP contribution is 2.16. The Hall–Kier alpha value is -1.91. The van der Waals surface area contributed by atoms with Crippen LogP contribution in [-0.4, -0.2) is 22.7 Å². The van der Waals surface area contributed by atoms with Crippen molar-refractivity contribution in [3.63, 3.8) is 0 Å². The first kappa shape index (κ1) is 17.1. The second-order valence-corrected chi connectivity index (χ2v) is 4.51. The average molecular weight is 267 g/mol. The van der Waals surface area contributed by atoms with Gasteiger partial charge in [0.25, 0.3) is 0 Å². The van der Waals surface area contributed by atoms with E-state index in [-0.39, 0.29) is 17.4 Å². The van der Waals surface area contributed by atoms with E-state index in [4.69, 9.17) is 4.74 Å². The molecule has 0 atom stereocenters. The van der Waals surface area contributed by atoms with Gasteiger partial charge in [0.05, 0.1) is 5.70 Å². The normalized spacial score (nSPS) is 12.4. The third-order valence-corrected chi connectivity index (χ3v) is 2.17. The lowest BCUT2D eigenvalue weighted by molar-refractivity contribution is -0.141. The van der Waals surface area contributed by atoms with Crippen molar-refractivity contribution < 1.29 is 19.1 Å². The number of ether oxygens (including phenoxy) is 1. The van der Waals surface area contributed by atoms with E-state index in [0.29, 0.717) is 0 Å². The number of allylic oxidation sites excluding steroid dienone is 3. The molecule has 0 unspecified atom stereocenters. The summed E-state index contributed by atoms with van der Waals surface area (Å²) in [6.45, 7) is 9.29. The molecule has 0 aromatic rings. The van der Waals surface area contributed by atoms with Crippen molar-refractivity contribution in [1.29, 1.82) is 0 Å². The van der Waals surface area contributed by atoms with Crippen LogP contribution in [0.15, 0.2) is 23.6 Å². The Kier molecular flexibility index (Phi) is 6.75. The molecule has 0 bridgehead atoms. The number of carbonyl (C=O) groups excluding carboxylic acids is 3. The van der Waals surface area contributed by atoms with Crippen LogP contribution in [0.25, 0.3) is 0 Å². The number of imide groups is 1. The molecule has 5 nitrogen and oxygen atoms in total. The number of esters is 1. The zero-order chi connectivity index (χ0) is 15.2. The standard InChI is InChI=1S/C14H21NO4/c1-9(2)7-8-14(10(3)19-13(6)18)15(11(4)16)12(5)17/h7-9H,1-6H3/b8-7+,14-10-. The third-order valence-electron chi connectivity index (χ3n) is 2.17. The molecule has 0 saturated heterocycles. The van der Waals surface area contributed by atoms with E-state index < -0.39 is 17.8 Å². The first-order chi connectivity index (χ1) is 8.66. The summed E-state index contributed by atoms with van der Waals surface area (Å²) in [5, 5.41) is 0. The van der Waals surface area contributed by atoms with Crippen LogP contribution in [0.3, 0.4) is 0 Å². The van der Waals surface area contributed by atoms with E-state index in [1.54, 1.807) is 13.0 Å². The molecule has 0 saturated carbocycles. The third kappa shape index (κ3) is 5.99. The summed E-state index contributed by atoms with van der Waals surface area (Å²) in [7, 11) is 0. The predicted molar refractivity (Wildman–Crippen MR) is 71.6 cm³/mol. The quantitative estimate of drug-likeness (QED) is 0.445.